The molecule has 34 heavy (non-hydrogen) atoms. The summed E-state index contributed by atoms with van der Waals surface area (Å²) in [4.78, 5) is 31.6. The smallest absolute Gasteiger partial charge is 0.275 e. The standard InChI is InChI=1S/C25H22N8O/c1-16-6-5-10-33-21(16)12-19(31-33)24-23-18(28-15-29-23)9-11-32(24)22-14-26-20(13-27-22)25(34)30-17-7-3-2-4-8-17/h2-8,10,12-15,24H,9,11H2,1H3,(H,28,29)(H,30,34)/t24-/m1/s1. The van der Waals surface area contributed by atoms with E-state index >= 15 is 0 Å². The number of carbonyl (C=O) groups is 1. The van der Waals surface area contributed by atoms with Crippen molar-refractivity contribution in [1.29, 1.82) is 0 Å². The lowest BCUT2D eigenvalue weighted by atomic mass is 9.99. The van der Waals surface area contributed by atoms with E-state index in [-0.39, 0.29) is 17.6 Å². The number of nitrogens with zero attached hydrogens (tertiary/aromatic N) is 6. The molecule has 6 rings (SSSR count). The van der Waals surface area contributed by atoms with Gasteiger partial charge < -0.3 is 15.2 Å². The summed E-state index contributed by atoms with van der Waals surface area (Å²) in [5.74, 6) is 0.370. The van der Waals surface area contributed by atoms with Crippen LogP contribution < -0.4 is 10.2 Å². The molecule has 1 aliphatic rings. The largest absolute Gasteiger partial charge is 0.348 e. The van der Waals surface area contributed by atoms with Gasteiger partial charge in [0.1, 0.15) is 17.6 Å². The van der Waals surface area contributed by atoms with Crippen molar-refractivity contribution in [2.75, 3.05) is 16.8 Å². The van der Waals surface area contributed by atoms with Crippen molar-refractivity contribution in [3.05, 3.63) is 102 Å². The van der Waals surface area contributed by atoms with E-state index in [1.165, 1.54) is 6.20 Å². The number of fused-ring (bicyclic) bond motifs is 2. The molecule has 2 N–H and O–H groups in total. The number of para-hydroxylation sites is 1. The summed E-state index contributed by atoms with van der Waals surface area (Å²) in [6.07, 6.45) is 7.63. The Morgan fingerprint density at radius 2 is 1.97 bits per heavy atom. The van der Waals surface area contributed by atoms with E-state index in [9.17, 15) is 4.79 Å². The number of nitrogens with one attached hydrogen (secondary N) is 2. The molecule has 4 aromatic heterocycles. The van der Waals surface area contributed by atoms with E-state index in [0.717, 1.165) is 41.1 Å². The van der Waals surface area contributed by atoms with Crippen molar-refractivity contribution in [2.24, 2.45) is 0 Å². The first-order valence-electron chi connectivity index (χ1n) is 11.1. The summed E-state index contributed by atoms with van der Waals surface area (Å²) in [5.41, 5.74) is 6.09. The van der Waals surface area contributed by atoms with Gasteiger partial charge >= 0.3 is 0 Å². The Kier molecular flexibility index (Phi) is 4.80. The second-order valence-electron chi connectivity index (χ2n) is 8.28. The number of carbonyl (C=O) groups excluding carboxylic acids is 1. The van der Waals surface area contributed by atoms with Crippen molar-refractivity contribution in [2.45, 2.75) is 19.4 Å². The summed E-state index contributed by atoms with van der Waals surface area (Å²) in [6, 6.07) is 15.2. The molecular weight excluding hydrogens is 428 g/mol. The molecule has 0 unspecified atom stereocenters. The van der Waals surface area contributed by atoms with E-state index < -0.39 is 0 Å². The number of aromatic amines is 1. The molecule has 1 aromatic carbocycles. The van der Waals surface area contributed by atoms with Gasteiger partial charge in [-0.2, -0.15) is 5.10 Å². The highest BCUT2D eigenvalue weighted by Crippen LogP contribution is 2.36. The van der Waals surface area contributed by atoms with Crippen LogP contribution in [0.5, 0.6) is 0 Å². The summed E-state index contributed by atoms with van der Waals surface area (Å²) in [6.45, 7) is 2.79. The molecule has 168 valence electrons. The maximum atomic E-state index is 12.6. The summed E-state index contributed by atoms with van der Waals surface area (Å²) in [7, 11) is 0. The number of imidazole rings is 1. The Hall–Kier alpha value is -4.53. The van der Waals surface area contributed by atoms with E-state index in [0.29, 0.717) is 11.5 Å². The minimum absolute atomic E-state index is 0.215. The second-order valence-corrected chi connectivity index (χ2v) is 8.28. The fourth-order valence-corrected chi connectivity index (χ4v) is 4.44. The SMILES string of the molecule is Cc1cccn2nc([C@@H]3c4nc[nH]c4CCN3c3cnc(C(=O)Nc4ccccc4)cn3)cc12. The molecule has 1 atom stereocenters. The lowest BCUT2D eigenvalue weighted by Gasteiger charge is -2.34. The van der Waals surface area contributed by atoms with Gasteiger partial charge in [-0.3, -0.25) is 4.79 Å². The molecular formula is C25H22N8O. The minimum Gasteiger partial charge on any atom is -0.348 e. The molecule has 0 bridgehead atoms. The zero-order valence-electron chi connectivity index (χ0n) is 18.5. The van der Waals surface area contributed by atoms with Gasteiger partial charge in [0.2, 0.25) is 0 Å². The molecule has 0 saturated carbocycles. The van der Waals surface area contributed by atoms with Crippen LogP contribution in [-0.2, 0) is 6.42 Å². The first-order valence-corrected chi connectivity index (χ1v) is 11.1. The van der Waals surface area contributed by atoms with Gasteiger partial charge in [-0.15, -0.1) is 0 Å². The number of amides is 1. The number of H-pyrrole nitrogens is 1. The van der Waals surface area contributed by atoms with E-state index in [2.05, 4.69) is 49.2 Å². The monoisotopic (exact) mass is 450 g/mol. The summed E-state index contributed by atoms with van der Waals surface area (Å²) < 4.78 is 1.90. The maximum absolute atomic E-state index is 12.6. The molecule has 0 saturated heterocycles. The van der Waals surface area contributed by atoms with Crippen LogP contribution in [0.25, 0.3) is 5.52 Å². The van der Waals surface area contributed by atoms with Crippen LogP contribution in [0.15, 0.2) is 73.4 Å². The van der Waals surface area contributed by atoms with Crippen molar-refractivity contribution in [3.8, 4) is 0 Å². The normalized spacial score (nSPS) is 15.3. The molecule has 9 nitrogen and oxygen atoms in total. The number of rotatable bonds is 4. The number of aromatic nitrogens is 6. The topological polar surface area (TPSA) is 104 Å². The maximum Gasteiger partial charge on any atom is 0.275 e. The predicted octanol–water partition coefficient (Wildman–Crippen LogP) is 3.56. The molecule has 5 heterocycles. The third-order valence-corrected chi connectivity index (χ3v) is 6.13. The van der Waals surface area contributed by atoms with Gasteiger partial charge in [0.05, 0.1) is 35.6 Å². The fourth-order valence-electron chi connectivity index (χ4n) is 4.44. The Morgan fingerprint density at radius 3 is 2.76 bits per heavy atom. The van der Waals surface area contributed by atoms with Gasteiger partial charge in [0.15, 0.2) is 0 Å². The van der Waals surface area contributed by atoms with Crippen molar-refractivity contribution in [3.63, 3.8) is 0 Å². The molecule has 0 fully saturated rings. The molecule has 0 spiro atoms. The van der Waals surface area contributed by atoms with Crippen LogP contribution in [0.2, 0.25) is 0 Å². The average molecular weight is 451 g/mol. The third-order valence-electron chi connectivity index (χ3n) is 6.13. The van der Waals surface area contributed by atoms with Crippen LogP contribution in [-0.4, -0.2) is 42.0 Å². The number of anilines is 2. The number of aryl methyl sites for hydroxylation is 1. The van der Waals surface area contributed by atoms with Crippen LogP contribution in [0.4, 0.5) is 11.5 Å². The van der Waals surface area contributed by atoms with Gasteiger partial charge in [0.25, 0.3) is 5.91 Å². The quantitative estimate of drug-likeness (QED) is 0.434. The molecule has 0 aliphatic carbocycles. The number of hydrogen-bond acceptors (Lipinski definition) is 6. The average Bonchev–Trinajstić information content (AvgIpc) is 3.52. The lowest BCUT2D eigenvalue weighted by Crippen LogP contribution is -2.37. The van der Waals surface area contributed by atoms with Gasteiger partial charge in [-0.1, -0.05) is 24.3 Å². The van der Waals surface area contributed by atoms with Crippen molar-refractivity contribution >= 4 is 22.9 Å². The highest BCUT2D eigenvalue weighted by atomic mass is 16.1. The van der Waals surface area contributed by atoms with Crippen LogP contribution in [0, 0.1) is 6.92 Å². The second kappa shape index (κ2) is 8.11. The molecule has 9 heteroatoms. The Labute approximate surface area is 195 Å². The van der Waals surface area contributed by atoms with Gasteiger partial charge in [-0.05, 0) is 36.8 Å². The lowest BCUT2D eigenvalue weighted by molar-refractivity contribution is 0.102. The first-order chi connectivity index (χ1) is 16.7. The first kappa shape index (κ1) is 20.1. The van der Waals surface area contributed by atoms with E-state index in [4.69, 9.17) is 5.10 Å². The molecule has 0 radical (unpaired) electrons. The molecule has 1 aliphatic heterocycles. The minimum atomic E-state index is -0.300. The number of pyridine rings is 1. The van der Waals surface area contributed by atoms with Crippen LogP contribution in [0.3, 0.4) is 0 Å². The van der Waals surface area contributed by atoms with Gasteiger partial charge in [0, 0.05) is 30.5 Å². The number of hydrogen-bond donors (Lipinski definition) is 2. The van der Waals surface area contributed by atoms with Crippen LogP contribution >= 0.6 is 0 Å². The zero-order valence-corrected chi connectivity index (χ0v) is 18.5. The Morgan fingerprint density at radius 1 is 1.09 bits per heavy atom. The Balaban J connectivity index is 1.34. The van der Waals surface area contributed by atoms with Crippen molar-refractivity contribution < 1.29 is 4.79 Å². The summed E-state index contributed by atoms with van der Waals surface area (Å²) >= 11 is 0. The molecule has 1 amide bonds. The highest BCUT2D eigenvalue weighted by Gasteiger charge is 2.34. The number of benzene rings is 1. The van der Waals surface area contributed by atoms with Gasteiger partial charge in [-0.25, -0.2) is 19.5 Å². The van der Waals surface area contributed by atoms with E-state index in [1.54, 1.807) is 12.5 Å². The fraction of sp³-hybridized carbons (Fsp3) is 0.160. The highest BCUT2D eigenvalue weighted by molar-refractivity contribution is 6.02. The predicted molar refractivity (Wildman–Crippen MR) is 128 cm³/mol. The van der Waals surface area contributed by atoms with E-state index in [1.807, 2.05) is 47.1 Å². The zero-order chi connectivity index (χ0) is 23.1. The third kappa shape index (κ3) is 3.47. The Bertz CT molecular complexity index is 1470. The van der Waals surface area contributed by atoms with Crippen molar-refractivity contribution in [1.82, 2.24) is 29.5 Å². The molecule has 5 aromatic rings. The van der Waals surface area contributed by atoms with Crippen LogP contribution in [0.1, 0.15) is 39.2 Å². The summed E-state index contributed by atoms with van der Waals surface area (Å²) in [5, 5.41) is 7.69.